The predicted molar refractivity (Wildman–Crippen MR) is 116 cm³/mol. The Hall–Kier alpha value is -3.52. The Morgan fingerprint density at radius 3 is 1.55 bits per heavy atom. The van der Waals surface area contributed by atoms with E-state index in [1.165, 1.54) is 4.80 Å². The minimum Gasteiger partial charge on any atom is -0.394 e. The van der Waals surface area contributed by atoms with E-state index in [-0.39, 0.29) is 13.2 Å². The molecule has 14 nitrogen and oxygen atoms in total. The summed E-state index contributed by atoms with van der Waals surface area (Å²) >= 11 is 0. The van der Waals surface area contributed by atoms with Crippen molar-refractivity contribution in [2.75, 3.05) is 6.61 Å². The van der Waals surface area contributed by atoms with Gasteiger partial charge in [-0.25, -0.2) is 0 Å². The van der Waals surface area contributed by atoms with E-state index in [9.17, 15) is 0 Å². The molecule has 4 aromatic heterocycles. The Balaban J connectivity index is 0.000000220. The van der Waals surface area contributed by atoms with Crippen molar-refractivity contribution in [1.29, 1.82) is 0 Å². The zero-order chi connectivity index (χ0) is 24.6. The van der Waals surface area contributed by atoms with Gasteiger partial charge in [0.2, 0.25) is 0 Å². The molecule has 0 spiro atoms. The van der Waals surface area contributed by atoms with Crippen molar-refractivity contribution < 1.29 is 19.3 Å². The molecule has 0 fully saturated rings. The molecule has 33 heavy (non-hydrogen) atoms. The molecule has 0 aliphatic heterocycles. The number of hydrogen-bond acceptors (Lipinski definition) is 12. The first-order chi connectivity index (χ1) is 15.8. The van der Waals surface area contributed by atoms with Crippen LogP contribution in [0.5, 0.6) is 0 Å². The topological polar surface area (TPSA) is 180 Å². The van der Waals surface area contributed by atoms with Crippen LogP contribution in [0.25, 0.3) is 0 Å². The van der Waals surface area contributed by atoms with E-state index in [1.54, 1.807) is 24.7 Å². The van der Waals surface area contributed by atoms with Gasteiger partial charge >= 0.3 is 0 Å². The Bertz CT molecular complexity index is 928. The lowest BCUT2D eigenvalue weighted by Crippen LogP contribution is -2.05. The van der Waals surface area contributed by atoms with Crippen LogP contribution < -0.4 is 0 Å². The number of aromatic nitrogens is 10. The molecular formula is C19H32N10O4. The molecule has 0 amide bonds. The maximum absolute atomic E-state index is 8.43. The maximum Gasteiger partial charge on any atom is 0.171 e. The Labute approximate surface area is 191 Å². The van der Waals surface area contributed by atoms with Gasteiger partial charge in [0.1, 0.15) is 17.2 Å². The number of hydrogen-bond donors (Lipinski definition) is 2. The lowest BCUT2D eigenvalue weighted by atomic mass is 10.3. The van der Waals surface area contributed by atoms with Crippen molar-refractivity contribution in [1.82, 2.24) is 50.7 Å². The van der Waals surface area contributed by atoms with Gasteiger partial charge in [-0.05, 0) is 51.5 Å². The summed E-state index contributed by atoms with van der Waals surface area (Å²) in [5.74, 6) is 2.98. The predicted octanol–water partition coefficient (Wildman–Crippen LogP) is 0.996. The zero-order valence-corrected chi connectivity index (χ0v) is 19.9. The second kappa shape index (κ2) is 15.3. The van der Waals surface area contributed by atoms with Gasteiger partial charge in [0, 0.05) is 12.1 Å². The van der Waals surface area contributed by atoms with Crippen LogP contribution in [0.1, 0.15) is 48.4 Å². The van der Waals surface area contributed by atoms with E-state index < -0.39 is 0 Å². The summed E-state index contributed by atoms with van der Waals surface area (Å²) < 4.78 is 9.45. The first-order valence-corrected chi connectivity index (χ1v) is 10.4. The van der Waals surface area contributed by atoms with E-state index in [0.717, 1.165) is 36.0 Å². The van der Waals surface area contributed by atoms with Crippen molar-refractivity contribution in [2.45, 2.75) is 67.7 Å². The van der Waals surface area contributed by atoms with Crippen LogP contribution in [-0.4, -0.2) is 67.5 Å². The standard InChI is InChI=1S/C6H9NO.C5H7NO2.C4H8N4O.C4H8N4/c1-3-6-4-5(2)8-7-6;1-4-2-5(3-7)6-8-4;1-4-5-7-8(6-4)2-3-9;1-3-8-6-4(2)5-7-8/h4H,3H2,1-2H3;2,7H,3H2,1H3;9H,2-3H2,1H3;3H2,1-2H3. The Kier molecular flexibility index (Phi) is 12.8. The average molecular weight is 465 g/mol. The third kappa shape index (κ3) is 11.6. The smallest absolute Gasteiger partial charge is 0.171 e. The molecule has 0 aliphatic carbocycles. The lowest BCUT2D eigenvalue weighted by Gasteiger charge is -1.88. The average Bonchev–Trinajstić information content (AvgIpc) is 3.59. The van der Waals surface area contributed by atoms with Crippen LogP contribution in [0, 0.1) is 27.7 Å². The minimum atomic E-state index is -0.0443. The number of aryl methyl sites for hydroxylation is 6. The summed E-state index contributed by atoms with van der Waals surface area (Å²) in [6.07, 6.45) is 0.956. The highest BCUT2D eigenvalue weighted by atomic mass is 16.5. The number of tetrazole rings is 2. The van der Waals surface area contributed by atoms with E-state index in [1.807, 2.05) is 26.8 Å². The molecule has 0 bridgehead atoms. The molecule has 0 saturated carbocycles. The molecule has 4 heterocycles. The lowest BCUT2D eigenvalue weighted by molar-refractivity contribution is 0.259. The molecule has 182 valence electrons. The quantitative estimate of drug-likeness (QED) is 0.428. The Morgan fingerprint density at radius 2 is 1.30 bits per heavy atom. The van der Waals surface area contributed by atoms with E-state index in [4.69, 9.17) is 14.7 Å². The van der Waals surface area contributed by atoms with Crippen LogP contribution >= 0.6 is 0 Å². The summed E-state index contributed by atoms with van der Waals surface area (Å²) in [6.45, 7) is 12.5. The van der Waals surface area contributed by atoms with Gasteiger partial charge < -0.3 is 19.3 Å². The summed E-state index contributed by atoms with van der Waals surface area (Å²) in [6, 6.07) is 3.64. The van der Waals surface area contributed by atoms with Crippen LogP contribution in [-0.2, 0) is 26.1 Å². The molecule has 0 saturated heterocycles. The van der Waals surface area contributed by atoms with Gasteiger partial charge in [-0.15, -0.1) is 20.4 Å². The molecule has 4 rings (SSSR count). The molecular weight excluding hydrogens is 432 g/mol. The Morgan fingerprint density at radius 1 is 0.788 bits per heavy atom. The summed E-state index contributed by atoms with van der Waals surface area (Å²) in [7, 11) is 0. The third-order valence-corrected chi connectivity index (χ3v) is 3.57. The second-order valence-electron chi connectivity index (χ2n) is 6.55. The number of aliphatic hydroxyl groups is 2. The highest BCUT2D eigenvalue weighted by Crippen LogP contribution is 2.00. The van der Waals surface area contributed by atoms with E-state index in [2.05, 4.69) is 52.6 Å². The first kappa shape index (κ1) is 27.5. The molecule has 0 aliphatic rings. The highest BCUT2D eigenvalue weighted by Gasteiger charge is 1.95. The van der Waals surface area contributed by atoms with Gasteiger partial charge in [-0.3, -0.25) is 0 Å². The first-order valence-electron chi connectivity index (χ1n) is 10.4. The fourth-order valence-electron chi connectivity index (χ4n) is 2.04. The van der Waals surface area contributed by atoms with E-state index >= 15 is 0 Å². The van der Waals surface area contributed by atoms with Gasteiger partial charge in [-0.1, -0.05) is 17.2 Å². The van der Waals surface area contributed by atoms with Crippen molar-refractivity contribution in [2.24, 2.45) is 0 Å². The SMILES string of the molecule is CCc1cc(C)on1.CCn1nnc(C)n1.Cc1cc(CO)no1.Cc1nnn(CCO)n1. The fourth-order valence-corrected chi connectivity index (χ4v) is 2.04. The van der Waals surface area contributed by atoms with Crippen molar-refractivity contribution in [3.63, 3.8) is 0 Å². The minimum absolute atomic E-state index is 0.0443. The molecule has 0 unspecified atom stereocenters. The van der Waals surface area contributed by atoms with Crippen LogP contribution in [0.15, 0.2) is 21.2 Å². The van der Waals surface area contributed by atoms with Crippen molar-refractivity contribution >= 4 is 0 Å². The molecule has 2 N–H and O–H groups in total. The van der Waals surface area contributed by atoms with Crippen molar-refractivity contribution in [3.05, 3.63) is 46.7 Å². The summed E-state index contributed by atoms with van der Waals surface area (Å²) in [4.78, 5) is 2.91. The molecule has 0 radical (unpaired) electrons. The van der Waals surface area contributed by atoms with E-state index in [0.29, 0.717) is 18.1 Å². The third-order valence-electron chi connectivity index (χ3n) is 3.57. The van der Waals surface area contributed by atoms with Crippen LogP contribution in [0.4, 0.5) is 0 Å². The molecule has 0 atom stereocenters. The fraction of sp³-hybridized carbons (Fsp3) is 0.579. The number of rotatable bonds is 5. The molecule has 14 heteroatoms. The van der Waals surface area contributed by atoms with Gasteiger partial charge in [-0.2, -0.15) is 9.59 Å². The monoisotopic (exact) mass is 464 g/mol. The van der Waals surface area contributed by atoms with Crippen molar-refractivity contribution in [3.8, 4) is 0 Å². The number of nitrogens with zero attached hydrogens (tertiary/aromatic N) is 10. The summed E-state index contributed by atoms with van der Waals surface area (Å²) in [5, 5.41) is 46.5. The van der Waals surface area contributed by atoms with Gasteiger partial charge in [0.25, 0.3) is 0 Å². The van der Waals surface area contributed by atoms with Crippen LogP contribution in [0.2, 0.25) is 0 Å². The zero-order valence-electron chi connectivity index (χ0n) is 19.9. The molecule has 4 aromatic rings. The maximum atomic E-state index is 8.43. The second-order valence-corrected chi connectivity index (χ2v) is 6.55. The normalized spacial score (nSPS) is 9.82. The molecule has 0 aromatic carbocycles. The highest BCUT2D eigenvalue weighted by molar-refractivity contribution is 5.02. The largest absolute Gasteiger partial charge is 0.394 e. The van der Waals surface area contributed by atoms with Crippen LogP contribution in [0.3, 0.4) is 0 Å². The summed E-state index contributed by atoms with van der Waals surface area (Å²) in [5.41, 5.74) is 1.62. The number of aliphatic hydroxyl groups excluding tert-OH is 2. The van der Waals surface area contributed by atoms with Gasteiger partial charge in [0.15, 0.2) is 11.6 Å². The van der Waals surface area contributed by atoms with Gasteiger partial charge in [0.05, 0.1) is 32.0 Å².